The number of aryl methyl sites for hydroxylation is 1. The average Bonchev–Trinajstić information content (AvgIpc) is 2.29. The fourth-order valence-electron chi connectivity index (χ4n) is 1.18. The first-order valence-corrected chi connectivity index (χ1v) is 6.73. The van der Waals surface area contributed by atoms with Crippen molar-refractivity contribution in [3.8, 4) is 0 Å². The summed E-state index contributed by atoms with van der Waals surface area (Å²) >= 11 is 7.04. The first kappa shape index (κ1) is 14.9. The van der Waals surface area contributed by atoms with E-state index in [1.807, 2.05) is 13.0 Å². The lowest BCUT2D eigenvalue weighted by molar-refractivity contribution is -0.136. The first-order chi connectivity index (χ1) is 8.40. The van der Waals surface area contributed by atoms with E-state index in [2.05, 4.69) is 5.32 Å². The summed E-state index contributed by atoms with van der Waals surface area (Å²) in [6, 6.07) is 5.32. The number of nitrogens with one attached hydrogen (secondary N) is 1. The van der Waals surface area contributed by atoms with E-state index < -0.39 is 11.2 Å². The molecule has 1 rings (SSSR count). The highest BCUT2D eigenvalue weighted by Gasteiger charge is 2.14. The molecule has 0 aliphatic carbocycles. The van der Waals surface area contributed by atoms with E-state index in [0.717, 1.165) is 17.3 Å². The number of carboxylic acid groups (broad SMARTS) is 1. The molecule has 1 aromatic rings. The first-order valence-electron chi connectivity index (χ1n) is 5.30. The predicted molar refractivity (Wildman–Crippen MR) is 74.4 cm³/mol. The maximum atomic E-state index is 11.6. The number of thioether (sulfide) groups is 1. The minimum atomic E-state index is -0.929. The van der Waals surface area contributed by atoms with Gasteiger partial charge in [-0.1, -0.05) is 17.7 Å². The van der Waals surface area contributed by atoms with Gasteiger partial charge in [0.1, 0.15) is 0 Å². The molecule has 1 amide bonds. The standard InChI is InChI=1S/C12H14ClNO3S/c1-7-3-4-10(9(13)5-7)14-11(15)6-18-8(2)12(16)17/h3-5,8H,6H2,1-2H3,(H,14,15)(H,16,17). The number of carbonyl (C=O) groups excluding carboxylic acids is 1. The molecule has 4 nitrogen and oxygen atoms in total. The molecule has 6 heteroatoms. The second kappa shape index (κ2) is 6.66. The van der Waals surface area contributed by atoms with Crippen LogP contribution in [0, 0.1) is 6.92 Å². The smallest absolute Gasteiger partial charge is 0.316 e. The van der Waals surface area contributed by atoms with Crippen LogP contribution in [-0.2, 0) is 9.59 Å². The van der Waals surface area contributed by atoms with Gasteiger partial charge in [0.05, 0.1) is 21.7 Å². The number of benzene rings is 1. The molecule has 0 aliphatic rings. The summed E-state index contributed by atoms with van der Waals surface area (Å²) in [4.78, 5) is 22.2. The lowest BCUT2D eigenvalue weighted by Gasteiger charge is -2.09. The van der Waals surface area contributed by atoms with Crippen LogP contribution in [0.3, 0.4) is 0 Å². The van der Waals surface area contributed by atoms with Gasteiger partial charge in [-0.15, -0.1) is 11.8 Å². The Labute approximate surface area is 115 Å². The molecule has 98 valence electrons. The summed E-state index contributed by atoms with van der Waals surface area (Å²) in [6.07, 6.45) is 0. The number of halogens is 1. The van der Waals surface area contributed by atoms with Crippen LogP contribution in [0.5, 0.6) is 0 Å². The minimum Gasteiger partial charge on any atom is -0.480 e. The molecule has 2 N–H and O–H groups in total. The van der Waals surface area contributed by atoms with E-state index in [4.69, 9.17) is 16.7 Å². The number of amides is 1. The second-order valence-electron chi connectivity index (χ2n) is 3.82. The van der Waals surface area contributed by atoms with Crippen LogP contribution >= 0.6 is 23.4 Å². The van der Waals surface area contributed by atoms with Crippen LogP contribution in [0.2, 0.25) is 5.02 Å². The second-order valence-corrected chi connectivity index (χ2v) is 5.56. The zero-order valence-electron chi connectivity index (χ0n) is 10.1. The number of rotatable bonds is 5. The van der Waals surface area contributed by atoms with Crippen molar-refractivity contribution < 1.29 is 14.7 Å². The molecular formula is C12H14ClNO3S. The lowest BCUT2D eigenvalue weighted by Crippen LogP contribution is -2.19. The van der Waals surface area contributed by atoms with E-state index in [-0.39, 0.29) is 11.7 Å². The van der Waals surface area contributed by atoms with E-state index in [1.54, 1.807) is 19.1 Å². The Balaban J connectivity index is 2.52. The molecule has 1 aromatic carbocycles. The number of carbonyl (C=O) groups is 2. The van der Waals surface area contributed by atoms with Gasteiger partial charge >= 0.3 is 5.97 Å². The number of hydrogen-bond acceptors (Lipinski definition) is 3. The zero-order chi connectivity index (χ0) is 13.7. The van der Waals surface area contributed by atoms with Crippen molar-refractivity contribution >= 4 is 40.9 Å². The SMILES string of the molecule is Cc1ccc(NC(=O)CSC(C)C(=O)O)c(Cl)c1. The summed E-state index contributed by atoms with van der Waals surface area (Å²) in [5.41, 5.74) is 1.54. The highest BCUT2D eigenvalue weighted by Crippen LogP contribution is 2.23. The summed E-state index contributed by atoms with van der Waals surface area (Å²) in [7, 11) is 0. The largest absolute Gasteiger partial charge is 0.480 e. The Kier molecular flexibility index (Phi) is 5.50. The number of carboxylic acids is 1. The third-order valence-electron chi connectivity index (χ3n) is 2.21. The molecule has 0 aromatic heterocycles. The van der Waals surface area contributed by atoms with Crippen LogP contribution in [0.1, 0.15) is 12.5 Å². The molecule has 0 bridgehead atoms. The van der Waals surface area contributed by atoms with Gasteiger partial charge in [0.25, 0.3) is 0 Å². The molecule has 1 unspecified atom stereocenters. The molecule has 18 heavy (non-hydrogen) atoms. The highest BCUT2D eigenvalue weighted by molar-refractivity contribution is 8.01. The van der Waals surface area contributed by atoms with E-state index in [0.29, 0.717) is 10.7 Å². The van der Waals surface area contributed by atoms with Crippen molar-refractivity contribution in [3.05, 3.63) is 28.8 Å². The Morgan fingerprint density at radius 2 is 2.17 bits per heavy atom. The van der Waals surface area contributed by atoms with E-state index in [9.17, 15) is 9.59 Å². The van der Waals surface area contributed by atoms with Crippen LogP contribution in [0.15, 0.2) is 18.2 Å². The normalized spacial score (nSPS) is 11.9. The van der Waals surface area contributed by atoms with Crippen LogP contribution in [0.25, 0.3) is 0 Å². The summed E-state index contributed by atoms with van der Waals surface area (Å²) in [6.45, 7) is 3.45. The zero-order valence-corrected chi connectivity index (χ0v) is 11.6. The van der Waals surface area contributed by atoms with Crippen molar-refractivity contribution in [1.82, 2.24) is 0 Å². The fraction of sp³-hybridized carbons (Fsp3) is 0.333. The van der Waals surface area contributed by atoms with E-state index in [1.165, 1.54) is 0 Å². The van der Waals surface area contributed by atoms with Crippen LogP contribution < -0.4 is 5.32 Å². The maximum absolute atomic E-state index is 11.6. The molecule has 0 fully saturated rings. The monoisotopic (exact) mass is 287 g/mol. The number of anilines is 1. The van der Waals surface area contributed by atoms with Crippen molar-refractivity contribution in [1.29, 1.82) is 0 Å². The third kappa shape index (κ3) is 4.58. The maximum Gasteiger partial charge on any atom is 0.316 e. The predicted octanol–water partition coefficient (Wildman–Crippen LogP) is 2.79. The topological polar surface area (TPSA) is 66.4 Å². The van der Waals surface area contributed by atoms with Gasteiger partial charge < -0.3 is 10.4 Å². The molecule has 0 spiro atoms. The Morgan fingerprint density at radius 3 is 2.72 bits per heavy atom. The van der Waals surface area contributed by atoms with Gasteiger partial charge in [-0.25, -0.2) is 0 Å². The van der Waals surface area contributed by atoms with Crippen molar-refractivity contribution in [2.24, 2.45) is 0 Å². The summed E-state index contributed by atoms with van der Waals surface area (Å²) in [5.74, 6) is -1.11. The fourth-order valence-corrected chi connectivity index (χ4v) is 2.08. The van der Waals surface area contributed by atoms with E-state index >= 15 is 0 Å². The van der Waals surface area contributed by atoms with Gasteiger partial charge in [-0.05, 0) is 31.5 Å². The van der Waals surface area contributed by atoms with Gasteiger partial charge in [-0.2, -0.15) is 0 Å². The van der Waals surface area contributed by atoms with Crippen LogP contribution in [0.4, 0.5) is 5.69 Å². The Morgan fingerprint density at radius 1 is 1.50 bits per heavy atom. The number of hydrogen-bond donors (Lipinski definition) is 2. The molecule has 0 saturated carbocycles. The molecule has 0 radical (unpaired) electrons. The van der Waals surface area contributed by atoms with Crippen molar-refractivity contribution in [3.63, 3.8) is 0 Å². The summed E-state index contributed by atoms with van der Waals surface area (Å²) in [5, 5.41) is 11.2. The molecular weight excluding hydrogens is 274 g/mol. The summed E-state index contributed by atoms with van der Waals surface area (Å²) < 4.78 is 0. The third-order valence-corrected chi connectivity index (χ3v) is 3.65. The highest BCUT2D eigenvalue weighted by atomic mass is 35.5. The quantitative estimate of drug-likeness (QED) is 0.874. The average molecular weight is 288 g/mol. The van der Waals surface area contributed by atoms with Gasteiger partial charge in [0.15, 0.2) is 0 Å². The van der Waals surface area contributed by atoms with Gasteiger partial charge in [0.2, 0.25) is 5.91 Å². The molecule has 1 atom stereocenters. The van der Waals surface area contributed by atoms with Crippen LogP contribution in [-0.4, -0.2) is 28.0 Å². The number of aliphatic carboxylic acids is 1. The van der Waals surface area contributed by atoms with Crippen molar-refractivity contribution in [2.45, 2.75) is 19.1 Å². The van der Waals surface area contributed by atoms with Gasteiger partial charge in [0, 0.05) is 0 Å². The minimum absolute atomic E-state index is 0.0810. The molecule has 0 saturated heterocycles. The molecule has 0 aliphatic heterocycles. The molecule has 0 heterocycles. The lowest BCUT2D eigenvalue weighted by atomic mass is 10.2. The van der Waals surface area contributed by atoms with Crippen molar-refractivity contribution in [2.75, 3.05) is 11.1 Å². The van der Waals surface area contributed by atoms with Gasteiger partial charge in [-0.3, -0.25) is 9.59 Å². The Hall–Kier alpha value is -1.20. The Bertz CT molecular complexity index is 465.